The number of thiophene rings is 1. The van der Waals surface area contributed by atoms with Gasteiger partial charge in [0.1, 0.15) is 11.9 Å². The number of nitrogens with zero attached hydrogens (tertiary/aromatic N) is 4. The third-order valence-electron chi connectivity index (χ3n) is 2.88. The van der Waals surface area contributed by atoms with Crippen molar-refractivity contribution >= 4 is 17.2 Å². The van der Waals surface area contributed by atoms with Crippen LogP contribution in [0.4, 0.5) is 5.82 Å². The molecule has 0 spiro atoms. The van der Waals surface area contributed by atoms with E-state index in [9.17, 15) is 0 Å². The summed E-state index contributed by atoms with van der Waals surface area (Å²) in [5, 5.41) is 10.8. The lowest BCUT2D eigenvalue weighted by Crippen LogP contribution is -2.30. The molecule has 0 N–H and O–H groups in total. The van der Waals surface area contributed by atoms with E-state index in [4.69, 9.17) is 5.26 Å². The first-order valence-corrected chi connectivity index (χ1v) is 6.27. The van der Waals surface area contributed by atoms with Crippen LogP contribution in [0, 0.1) is 11.3 Å². The highest BCUT2D eigenvalue weighted by Crippen LogP contribution is 2.26. The maximum Gasteiger partial charge on any atom is 0.158 e. The van der Waals surface area contributed by atoms with Crippen LogP contribution < -0.4 is 4.90 Å². The summed E-state index contributed by atoms with van der Waals surface area (Å²) in [6.07, 6.45) is 4.27. The Morgan fingerprint density at radius 2 is 2.29 bits per heavy atom. The summed E-state index contributed by atoms with van der Waals surface area (Å²) in [7, 11) is 0. The fourth-order valence-electron chi connectivity index (χ4n) is 1.99. The topological polar surface area (TPSA) is 52.8 Å². The zero-order valence-corrected chi connectivity index (χ0v) is 9.94. The van der Waals surface area contributed by atoms with Crippen LogP contribution in [0.2, 0.25) is 0 Å². The van der Waals surface area contributed by atoms with E-state index in [1.807, 2.05) is 17.4 Å². The van der Waals surface area contributed by atoms with Crippen LogP contribution in [0.15, 0.2) is 23.8 Å². The minimum absolute atomic E-state index is 0.363. The molecule has 84 valence electrons. The van der Waals surface area contributed by atoms with Crippen molar-refractivity contribution in [3.63, 3.8) is 0 Å². The van der Waals surface area contributed by atoms with Gasteiger partial charge in [-0.15, -0.1) is 11.3 Å². The number of fused-ring (bicyclic) bond motifs is 1. The van der Waals surface area contributed by atoms with Gasteiger partial charge in [0.05, 0.1) is 12.4 Å². The number of nitriles is 1. The van der Waals surface area contributed by atoms with Crippen molar-refractivity contribution in [3.8, 4) is 6.07 Å². The van der Waals surface area contributed by atoms with Crippen LogP contribution in [0.1, 0.15) is 16.1 Å². The van der Waals surface area contributed by atoms with Gasteiger partial charge in [0.15, 0.2) is 5.69 Å². The second-order valence-electron chi connectivity index (χ2n) is 3.91. The molecule has 0 saturated heterocycles. The standard InChI is InChI=1S/C12H10N4S/c13-5-10-6-15-12(7-14-10)16-3-1-11-9(8-16)2-4-17-11/h2,4,6-7H,1,3,8H2. The molecule has 0 amide bonds. The molecular formula is C12H10N4S. The quantitative estimate of drug-likeness (QED) is 0.767. The van der Waals surface area contributed by atoms with Crippen molar-refractivity contribution in [3.05, 3.63) is 40.0 Å². The van der Waals surface area contributed by atoms with Crippen molar-refractivity contribution in [1.82, 2.24) is 9.97 Å². The van der Waals surface area contributed by atoms with Gasteiger partial charge in [-0.3, -0.25) is 0 Å². The highest BCUT2D eigenvalue weighted by Gasteiger charge is 2.18. The maximum atomic E-state index is 8.68. The van der Waals surface area contributed by atoms with E-state index in [0.29, 0.717) is 5.69 Å². The van der Waals surface area contributed by atoms with Gasteiger partial charge in [0, 0.05) is 18.0 Å². The molecule has 2 aromatic rings. The van der Waals surface area contributed by atoms with Crippen LogP contribution in [0.5, 0.6) is 0 Å². The smallest absolute Gasteiger partial charge is 0.158 e. The number of aromatic nitrogens is 2. The fraction of sp³-hybridized carbons (Fsp3) is 0.250. The monoisotopic (exact) mass is 242 g/mol. The van der Waals surface area contributed by atoms with E-state index in [2.05, 4.69) is 26.3 Å². The van der Waals surface area contributed by atoms with E-state index in [1.165, 1.54) is 16.6 Å². The zero-order valence-electron chi connectivity index (χ0n) is 9.13. The van der Waals surface area contributed by atoms with Gasteiger partial charge < -0.3 is 4.90 Å². The Hall–Kier alpha value is -1.93. The van der Waals surface area contributed by atoms with E-state index in [0.717, 1.165) is 25.3 Å². The third-order valence-corrected chi connectivity index (χ3v) is 3.91. The first-order valence-electron chi connectivity index (χ1n) is 5.39. The van der Waals surface area contributed by atoms with Crippen LogP contribution in [0.3, 0.4) is 0 Å². The largest absolute Gasteiger partial charge is 0.351 e. The number of hydrogen-bond acceptors (Lipinski definition) is 5. The molecule has 17 heavy (non-hydrogen) atoms. The second kappa shape index (κ2) is 4.15. The van der Waals surface area contributed by atoms with E-state index in [1.54, 1.807) is 6.20 Å². The van der Waals surface area contributed by atoms with Gasteiger partial charge in [-0.1, -0.05) is 0 Å². The zero-order chi connectivity index (χ0) is 11.7. The van der Waals surface area contributed by atoms with Crippen LogP contribution >= 0.6 is 11.3 Å². The number of hydrogen-bond donors (Lipinski definition) is 0. The van der Waals surface area contributed by atoms with Crippen LogP contribution in [-0.4, -0.2) is 16.5 Å². The molecule has 0 aromatic carbocycles. The Morgan fingerprint density at radius 3 is 3.06 bits per heavy atom. The van der Waals surface area contributed by atoms with E-state index in [-0.39, 0.29) is 0 Å². The van der Waals surface area contributed by atoms with Gasteiger partial charge >= 0.3 is 0 Å². The summed E-state index contributed by atoms with van der Waals surface area (Å²) in [5.74, 6) is 0.848. The molecule has 0 aliphatic carbocycles. The van der Waals surface area contributed by atoms with Crippen LogP contribution in [-0.2, 0) is 13.0 Å². The lowest BCUT2D eigenvalue weighted by atomic mass is 10.1. The number of rotatable bonds is 1. The molecule has 0 fully saturated rings. The first kappa shape index (κ1) is 10.2. The van der Waals surface area contributed by atoms with E-state index < -0.39 is 0 Å². The Morgan fingerprint density at radius 1 is 1.35 bits per heavy atom. The van der Waals surface area contributed by atoms with E-state index >= 15 is 0 Å². The highest BCUT2D eigenvalue weighted by molar-refractivity contribution is 7.10. The first-order chi connectivity index (χ1) is 8.36. The van der Waals surface area contributed by atoms with Gasteiger partial charge in [-0.05, 0) is 23.4 Å². The normalized spacial score (nSPS) is 14.2. The lowest BCUT2D eigenvalue weighted by Gasteiger charge is -2.27. The lowest BCUT2D eigenvalue weighted by molar-refractivity contribution is 0.729. The summed E-state index contributed by atoms with van der Waals surface area (Å²) < 4.78 is 0. The predicted octanol–water partition coefficient (Wildman–Crippen LogP) is 1.97. The molecule has 0 saturated carbocycles. The average molecular weight is 242 g/mol. The van der Waals surface area contributed by atoms with Crippen molar-refractivity contribution in [2.75, 3.05) is 11.4 Å². The summed E-state index contributed by atoms with van der Waals surface area (Å²) in [6, 6.07) is 4.15. The van der Waals surface area contributed by atoms with Gasteiger partial charge in [-0.2, -0.15) is 5.26 Å². The minimum atomic E-state index is 0.363. The van der Waals surface area contributed by atoms with Crippen molar-refractivity contribution in [2.45, 2.75) is 13.0 Å². The molecule has 3 heterocycles. The fourth-order valence-corrected chi connectivity index (χ4v) is 2.88. The van der Waals surface area contributed by atoms with Gasteiger partial charge in [0.2, 0.25) is 0 Å². The van der Waals surface area contributed by atoms with Crippen molar-refractivity contribution < 1.29 is 0 Å². The summed E-state index contributed by atoms with van der Waals surface area (Å²) in [4.78, 5) is 12.0. The molecule has 4 nitrogen and oxygen atoms in total. The number of anilines is 1. The average Bonchev–Trinajstić information content (AvgIpc) is 2.86. The molecule has 0 radical (unpaired) electrons. The summed E-state index contributed by atoms with van der Waals surface area (Å²) in [6.45, 7) is 1.85. The molecule has 5 heteroatoms. The molecule has 0 unspecified atom stereocenters. The molecule has 0 bridgehead atoms. The molecule has 2 aromatic heterocycles. The Balaban J connectivity index is 1.84. The Kier molecular flexibility index (Phi) is 2.50. The van der Waals surface area contributed by atoms with Crippen molar-refractivity contribution in [1.29, 1.82) is 5.26 Å². The molecule has 3 rings (SSSR count). The summed E-state index contributed by atoms with van der Waals surface area (Å²) >= 11 is 1.82. The Bertz CT molecular complexity index is 567. The second-order valence-corrected chi connectivity index (χ2v) is 4.91. The van der Waals surface area contributed by atoms with Crippen molar-refractivity contribution in [2.24, 2.45) is 0 Å². The third kappa shape index (κ3) is 1.87. The molecule has 0 atom stereocenters. The predicted molar refractivity (Wildman–Crippen MR) is 65.8 cm³/mol. The minimum Gasteiger partial charge on any atom is -0.351 e. The SMILES string of the molecule is N#Cc1cnc(N2CCc3sccc3C2)cn1. The van der Waals surface area contributed by atoms with Crippen LogP contribution in [0.25, 0.3) is 0 Å². The molecule has 1 aliphatic rings. The summed E-state index contributed by atoms with van der Waals surface area (Å²) in [5.41, 5.74) is 1.74. The highest BCUT2D eigenvalue weighted by atomic mass is 32.1. The Labute approximate surface area is 103 Å². The maximum absolute atomic E-state index is 8.68. The van der Waals surface area contributed by atoms with Gasteiger partial charge in [0.25, 0.3) is 0 Å². The molecular weight excluding hydrogens is 232 g/mol. The van der Waals surface area contributed by atoms with Gasteiger partial charge in [-0.25, -0.2) is 9.97 Å². The molecule has 1 aliphatic heterocycles.